The van der Waals surface area contributed by atoms with Gasteiger partial charge in [0.15, 0.2) is 0 Å². The molecule has 0 bridgehead atoms. The van der Waals surface area contributed by atoms with E-state index in [0.717, 1.165) is 5.56 Å². The first-order chi connectivity index (χ1) is 11.1. The van der Waals surface area contributed by atoms with Gasteiger partial charge >= 0.3 is 6.03 Å². The van der Waals surface area contributed by atoms with Crippen molar-refractivity contribution in [2.24, 2.45) is 0 Å². The molecule has 2 rings (SSSR count). The molecule has 3 amide bonds. The lowest BCUT2D eigenvalue weighted by molar-refractivity contribution is -0.119. The molecule has 1 fully saturated rings. The summed E-state index contributed by atoms with van der Waals surface area (Å²) in [6, 6.07) is 6.81. The third kappa shape index (κ3) is 5.26. The van der Waals surface area contributed by atoms with Gasteiger partial charge in [-0.1, -0.05) is 29.8 Å². The highest BCUT2D eigenvalue weighted by Gasteiger charge is 2.30. The Morgan fingerprint density at radius 2 is 2.04 bits per heavy atom. The van der Waals surface area contributed by atoms with Crippen LogP contribution in [-0.4, -0.2) is 37.7 Å². The monoisotopic (exact) mass is 337 g/mol. The summed E-state index contributed by atoms with van der Waals surface area (Å²) in [6.45, 7) is 4.36. The van der Waals surface area contributed by atoms with Gasteiger partial charge in [-0.05, 0) is 24.1 Å². The summed E-state index contributed by atoms with van der Waals surface area (Å²) in [5.41, 5.74) is 0.959. The van der Waals surface area contributed by atoms with E-state index in [2.05, 4.69) is 22.5 Å². The van der Waals surface area contributed by atoms with Crippen LogP contribution in [0.25, 0.3) is 0 Å². The van der Waals surface area contributed by atoms with E-state index in [1.807, 2.05) is 12.1 Å². The van der Waals surface area contributed by atoms with Crippen molar-refractivity contribution in [1.82, 2.24) is 16.0 Å². The summed E-state index contributed by atoms with van der Waals surface area (Å²) in [4.78, 5) is 23.3. The SMILES string of the molecule is C=CCNC(=O)CNC(=O)N[C@@H]1CCO[C@@H]1c1ccc(Cl)cc1. The molecule has 1 aliphatic rings. The Bertz CT molecular complexity index is 562. The summed E-state index contributed by atoms with van der Waals surface area (Å²) in [5, 5.41) is 8.61. The van der Waals surface area contributed by atoms with Gasteiger partial charge in [-0.15, -0.1) is 6.58 Å². The highest BCUT2D eigenvalue weighted by atomic mass is 35.5. The molecule has 124 valence electrons. The molecule has 7 heteroatoms. The average Bonchev–Trinajstić information content (AvgIpc) is 2.99. The molecule has 1 heterocycles. The zero-order valence-corrected chi connectivity index (χ0v) is 13.4. The molecule has 6 nitrogen and oxygen atoms in total. The molecule has 0 aliphatic carbocycles. The second-order valence-electron chi connectivity index (χ2n) is 5.16. The number of carbonyl (C=O) groups is 2. The van der Waals surface area contributed by atoms with Gasteiger partial charge in [0.2, 0.25) is 5.91 Å². The Balaban J connectivity index is 1.83. The van der Waals surface area contributed by atoms with Crippen LogP contribution in [0.5, 0.6) is 0 Å². The topological polar surface area (TPSA) is 79.5 Å². The van der Waals surface area contributed by atoms with E-state index >= 15 is 0 Å². The molecular weight excluding hydrogens is 318 g/mol. The number of hydrogen-bond acceptors (Lipinski definition) is 3. The van der Waals surface area contributed by atoms with Gasteiger partial charge in [-0.3, -0.25) is 4.79 Å². The van der Waals surface area contributed by atoms with Gasteiger partial charge < -0.3 is 20.7 Å². The number of ether oxygens (including phenoxy) is 1. The number of rotatable bonds is 6. The standard InChI is InChI=1S/C16H20ClN3O3/c1-2-8-18-14(21)10-19-16(22)20-13-7-9-23-15(13)11-3-5-12(17)6-4-11/h2-6,13,15H,1,7-10H2,(H,18,21)(H2,19,20,22)/t13-,15-/m1/s1. The lowest BCUT2D eigenvalue weighted by Gasteiger charge is -2.20. The average molecular weight is 338 g/mol. The fourth-order valence-electron chi connectivity index (χ4n) is 2.35. The van der Waals surface area contributed by atoms with Crippen molar-refractivity contribution in [1.29, 1.82) is 0 Å². The maximum absolute atomic E-state index is 11.9. The van der Waals surface area contributed by atoms with E-state index in [9.17, 15) is 9.59 Å². The molecule has 23 heavy (non-hydrogen) atoms. The van der Waals surface area contributed by atoms with Crippen LogP contribution in [0.4, 0.5) is 4.79 Å². The quantitative estimate of drug-likeness (QED) is 0.692. The molecule has 1 aromatic carbocycles. The highest BCUT2D eigenvalue weighted by Crippen LogP contribution is 2.29. The van der Waals surface area contributed by atoms with Crippen LogP contribution in [0, 0.1) is 0 Å². The fourth-order valence-corrected chi connectivity index (χ4v) is 2.47. The molecule has 1 saturated heterocycles. The minimum absolute atomic E-state index is 0.0845. The smallest absolute Gasteiger partial charge is 0.315 e. The molecule has 0 unspecified atom stereocenters. The zero-order valence-electron chi connectivity index (χ0n) is 12.7. The highest BCUT2D eigenvalue weighted by molar-refractivity contribution is 6.30. The first-order valence-corrected chi connectivity index (χ1v) is 7.77. The molecule has 1 aromatic rings. The summed E-state index contributed by atoms with van der Waals surface area (Å²) in [6.07, 6.45) is 2.07. The number of urea groups is 1. The second kappa shape index (κ2) is 8.55. The summed E-state index contributed by atoms with van der Waals surface area (Å²) in [5.74, 6) is -0.267. The third-order valence-corrected chi connectivity index (χ3v) is 3.71. The van der Waals surface area contributed by atoms with E-state index in [-0.39, 0.29) is 24.6 Å². The van der Waals surface area contributed by atoms with E-state index in [1.54, 1.807) is 18.2 Å². The number of amides is 3. The van der Waals surface area contributed by atoms with E-state index in [4.69, 9.17) is 16.3 Å². The normalized spacial score (nSPS) is 19.9. The second-order valence-corrected chi connectivity index (χ2v) is 5.59. The maximum Gasteiger partial charge on any atom is 0.315 e. The molecule has 0 saturated carbocycles. The number of benzene rings is 1. The molecule has 2 atom stereocenters. The van der Waals surface area contributed by atoms with Crippen molar-refractivity contribution in [3.05, 3.63) is 47.5 Å². The Hall–Kier alpha value is -2.05. The van der Waals surface area contributed by atoms with E-state index < -0.39 is 6.03 Å². The van der Waals surface area contributed by atoms with Gasteiger partial charge in [0.25, 0.3) is 0 Å². The molecule has 0 radical (unpaired) electrons. The van der Waals surface area contributed by atoms with Crippen molar-refractivity contribution in [2.45, 2.75) is 18.6 Å². The van der Waals surface area contributed by atoms with Gasteiger partial charge in [0.05, 0.1) is 12.6 Å². The molecule has 0 aromatic heterocycles. The maximum atomic E-state index is 11.9. The number of nitrogens with one attached hydrogen (secondary N) is 3. The Morgan fingerprint density at radius 1 is 1.30 bits per heavy atom. The molecule has 1 aliphatic heterocycles. The molecule has 3 N–H and O–H groups in total. The minimum atomic E-state index is -0.395. The van der Waals surface area contributed by atoms with Gasteiger partial charge in [-0.2, -0.15) is 0 Å². The van der Waals surface area contributed by atoms with Crippen LogP contribution in [0.15, 0.2) is 36.9 Å². The zero-order chi connectivity index (χ0) is 16.7. The third-order valence-electron chi connectivity index (χ3n) is 3.46. The fraction of sp³-hybridized carbons (Fsp3) is 0.375. The van der Waals surface area contributed by atoms with Crippen LogP contribution in [0.2, 0.25) is 5.02 Å². The van der Waals surface area contributed by atoms with Crippen LogP contribution in [0.3, 0.4) is 0 Å². The van der Waals surface area contributed by atoms with E-state index in [0.29, 0.717) is 24.6 Å². The summed E-state index contributed by atoms with van der Waals surface area (Å²) >= 11 is 5.88. The van der Waals surface area contributed by atoms with Crippen molar-refractivity contribution in [3.63, 3.8) is 0 Å². The Morgan fingerprint density at radius 3 is 2.74 bits per heavy atom. The molecule has 0 spiro atoms. The van der Waals surface area contributed by atoms with E-state index in [1.165, 1.54) is 0 Å². The van der Waals surface area contributed by atoms with Crippen LogP contribution < -0.4 is 16.0 Å². The van der Waals surface area contributed by atoms with Crippen molar-refractivity contribution in [2.75, 3.05) is 19.7 Å². The largest absolute Gasteiger partial charge is 0.371 e. The van der Waals surface area contributed by atoms with Crippen LogP contribution in [-0.2, 0) is 9.53 Å². The number of carbonyl (C=O) groups excluding carboxylic acids is 2. The first-order valence-electron chi connectivity index (χ1n) is 7.39. The van der Waals surface area contributed by atoms with Crippen LogP contribution in [0.1, 0.15) is 18.1 Å². The van der Waals surface area contributed by atoms with Gasteiger partial charge in [-0.25, -0.2) is 4.79 Å². The Kier molecular flexibility index (Phi) is 6.43. The van der Waals surface area contributed by atoms with Crippen LogP contribution >= 0.6 is 11.6 Å². The van der Waals surface area contributed by atoms with Gasteiger partial charge in [0.1, 0.15) is 6.10 Å². The van der Waals surface area contributed by atoms with Gasteiger partial charge in [0, 0.05) is 18.2 Å². The number of hydrogen-bond donors (Lipinski definition) is 3. The van der Waals surface area contributed by atoms with Crippen molar-refractivity contribution < 1.29 is 14.3 Å². The Labute approximate surface area is 140 Å². The lowest BCUT2D eigenvalue weighted by Crippen LogP contribution is -2.46. The summed E-state index contributed by atoms with van der Waals surface area (Å²) < 4.78 is 5.70. The minimum Gasteiger partial charge on any atom is -0.371 e. The first kappa shape index (κ1) is 17.3. The van der Waals surface area contributed by atoms with Crippen molar-refractivity contribution >= 4 is 23.5 Å². The number of halogens is 1. The summed E-state index contributed by atoms with van der Waals surface area (Å²) in [7, 11) is 0. The lowest BCUT2D eigenvalue weighted by atomic mass is 10.0. The predicted molar refractivity (Wildman–Crippen MR) is 88.3 cm³/mol. The molecular formula is C16H20ClN3O3. The predicted octanol–water partition coefficient (Wildman–Crippen LogP) is 1.77. The van der Waals surface area contributed by atoms with Crippen molar-refractivity contribution in [3.8, 4) is 0 Å².